The molecule has 2 rings (SSSR count). The van der Waals surface area contributed by atoms with Crippen molar-refractivity contribution in [2.75, 3.05) is 0 Å². The molecule has 0 bridgehead atoms. The van der Waals surface area contributed by atoms with Gasteiger partial charge < -0.3 is 10.1 Å². The number of hydrogen-bond acceptors (Lipinski definition) is 3. The van der Waals surface area contributed by atoms with Crippen LogP contribution in [0.5, 0.6) is 5.75 Å². The molecule has 0 amide bonds. The fraction of sp³-hybridized carbons (Fsp3) is 0.308. The highest BCUT2D eigenvalue weighted by Gasteiger charge is 2.03. The summed E-state index contributed by atoms with van der Waals surface area (Å²) < 4.78 is 30.0. The Hall–Kier alpha value is -1.95. The maximum Gasteiger partial charge on any atom is 0.387 e. The molecule has 0 radical (unpaired) electrons. The molecule has 0 spiro atoms. The fourth-order valence-corrected chi connectivity index (χ4v) is 1.70. The molecule has 0 atom stereocenters. The first-order valence-corrected chi connectivity index (χ1v) is 5.86. The van der Waals surface area contributed by atoms with E-state index in [4.69, 9.17) is 0 Å². The first-order valence-electron chi connectivity index (χ1n) is 5.86. The first kappa shape index (κ1) is 13.5. The van der Waals surface area contributed by atoms with E-state index in [-0.39, 0.29) is 5.75 Å². The summed E-state index contributed by atoms with van der Waals surface area (Å²) in [7, 11) is 1.88. The van der Waals surface area contributed by atoms with Crippen molar-refractivity contribution in [2.45, 2.75) is 19.7 Å². The first-order chi connectivity index (χ1) is 9.15. The maximum absolute atomic E-state index is 12.0. The Labute approximate surface area is 110 Å². The minimum absolute atomic E-state index is 0.172. The van der Waals surface area contributed by atoms with E-state index < -0.39 is 6.61 Å². The average molecular weight is 267 g/mol. The van der Waals surface area contributed by atoms with Gasteiger partial charge in [0.25, 0.3) is 0 Å². The lowest BCUT2D eigenvalue weighted by Crippen LogP contribution is -2.15. The normalized spacial score (nSPS) is 10.9. The van der Waals surface area contributed by atoms with E-state index in [2.05, 4.69) is 15.2 Å². The molecule has 0 saturated carbocycles. The van der Waals surface area contributed by atoms with Gasteiger partial charge in [-0.05, 0) is 23.8 Å². The largest absolute Gasteiger partial charge is 0.435 e. The summed E-state index contributed by atoms with van der Waals surface area (Å²) in [4.78, 5) is 0. The van der Waals surface area contributed by atoms with Crippen molar-refractivity contribution >= 4 is 0 Å². The van der Waals surface area contributed by atoms with E-state index in [0.29, 0.717) is 13.1 Å². The Balaban J connectivity index is 1.81. The number of nitrogens with zero attached hydrogens (tertiary/aromatic N) is 2. The van der Waals surface area contributed by atoms with Crippen molar-refractivity contribution in [3.05, 3.63) is 47.8 Å². The molecule has 0 aliphatic heterocycles. The molecule has 1 N–H and O–H groups in total. The van der Waals surface area contributed by atoms with Crippen molar-refractivity contribution in [1.82, 2.24) is 15.1 Å². The molecule has 1 aromatic carbocycles. The molecule has 2 aromatic rings. The third-order valence-corrected chi connectivity index (χ3v) is 2.71. The number of aryl methyl sites for hydroxylation is 1. The lowest BCUT2D eigenvalue weighted by atomic mass is 10.2. The number of hydrogen-bond donors (Lipinski definition) is 1. The van der Waals surface area contributed by atoms with Gasteiger partial charge in [0.1, 0.15) is 5.75 Å². The lowest BCUT2D eigenvalue weighted by molar-refractivity contribution is -0.0498. The van der Waals surface area contributed by atoms with Gasteiger partial charge >= 0.3 is 6.61 Å². The highest BCUT2D eigenvalue weighted by atomic mass is 19.3. The van der Waals surface area contributed by atoms with Crippen LogP contribution in [0.3, 0.4) is 0 Å². The SMILES string of the molecule is Cn1nccc1CNCc1ccc(OC(F)F)cc1. The summed E-state index contributed by atoms with van der Waals surface area (Å²) in [6, 6.07) is 8.52. The Morgan fingerprint density at radius 3 is 2.53 bits per heavy atom. The van der Waals surface area contributed by atoms with Crippen LogP contribution in [-0.2, 0) is 20.1 Å². The zero-order chi connectivity index (χ0) is 13.7. The minimum Gasteiger partial charge on any atom is -0.435 e. The van der Waals surface area contributed by atoms with Crippen LogP contribution in [0.4, 0.5) is 8.78 Å². The number of ether oxygens (including phenoxy) is 1. The van der Waals surface area contributed by atoms with Crippen molar-refractivity contribution in [3.8, 4) is 5.75 Å². The topological polar surface area (TPSA) is 39.1 Å². The second-order valence-corrected chi connectivity index (χ2v) is 4.07. The molecule has 102 valence electrons. The predicted molar refractivity (Wildman–Crippen MR) is 66.8 cm³/mol. The van der Waals surface area contributed by atoms with Crippen LogP contribution in [0.15, 0.2) is 36.5 Å². The fourth-order valence-electron chi connectivity index (χ4n) is 1.70. The van der Waals surface area contributed by atoms with Gasteiger partial charge in [0.2, 0.25) is 0 Å². The monoisotopic (exact) mass is 267 g/mol. The Kier molecular flexibility index (Phi) is 4.46. The van der Waals surface area contributed by atoms with Crippen LogP contribution in [0.25, 0.3) is 0 Å². The van der Waals surface area contributed by atoms with Gasteiger partial charge in [-0.25, -0.2) is 0 Å². The molecular formula is C13H15F2N3O. The van der Waals surface area contributed by atoms with Crippen molar-refractivity contribution in [2.24, 2.45) is 7.05 Å². The predicted octanol–water partition coefficient (Wildman–Crippen LogP) is 2.31. The van der Waals surface area contributed by atoms with E-state index in [1.807, 2.05) is 13.1 Å². The van der Waals surface area contributed by atoms with Gasteiger partial charge in [0, 0.05) is 26.3 Å². The maximum atomic E-state index is 12.0. The number of alkyl halides is 2. The molecule has 0 aliphatic rings. The van der Waals surface area contributed by atoms with Crippen LogP contribution in [-0.4, -0.2) is 16.4 Å². The summed E-state index contributed by atoms with van der Waals surface area (Å²) in [6.45, 7) is -1.43. The molecule has 1 aromatic heterocycles. The summed E-state index contributed by atoms with van der Waals surface area (Å²) in [5, 5.41) is 7.33. The third-order valence-electron chi connectivity index (χ3n) is 2.71. The summed E-state index contributed by atoms with van der Waals surface area (Å²) in [6.07, 6.45) is 1.74. The quantitative estimate of drug-likeness (QED) is 0.873. The van der Waals surface area contributed by atoms with Crippen LogP contribution in [0.1, 0.15) is 11.3 Å². The van der Waals surface area contributed by atoms with E-state index in [0.717, 1.165) is 11.3 Å². The van der Waals surface area contributed by atoms with E-state index in [1.165, 1.54) is 12.1 Å². The van der Waals surface area contributed by atoms with Gasteiger partial charge in [-0.15, -0.1) is 0 Å². The second kappa shape index (κ2) is 6.29. The highest BCUT2D eigenvalue weighted by molar-refractivity contribution is 5.27. The Morgan fingerprint density at radius 1 is 1.21 bits per heavy atom. The number of rotatable bonds is 6. The number of aromatic nitrogens is 2. The molecule has 4 nitrogen and oxygen atoms in total. The second-order valence-electron chi connectivity index (χ2n) is 4.07. The molecule has 0 saturated heterocycles. The minimum atomic E-state index is -2.78. The van der Waals surface area contributed by atoms with Gasteiger partial charge in [-0.3, -0.25) is 4.68 Å². The standard InChI is InChI=1S/C13H15F2N3O/c1-18-11(6-7-17-18)9-16-8-10-2-4-12(5-3-10)19-13(14)15/h2-7,13,16H,8-9H2,1H3. The van der Waals surface area contributed by atoms with Crippen LogP contribution >= 0.6 is 0 Å². The third kappa shape index (κ3) is 4.03. The zero-order valence-electron chi connectivity index (χ0n) is 10.5. The molecular weight excluding hydrogens is 252 g/mol. The Bertz CT molecular complexity index is 511. The molecule has 1 heterocycles. The Morgan fingerprint density at radius 2 is 1.95 bits per heavy atom. The summed E-state index contributed by atoms with van der Waals surface area (Å²) in [5.74, 6) is 0.172. The van der Waals surface area contributed by atoms with E-state index in [9.17, 15) is 8.78 Å². The van der Waals surface area contributed by atoms with E-state index >= 15 is 0 Å². The van der Waals surface area contributed by atoms with Crippen molar-refractivity contribution in [3.63, 3.8) is 0 Å². The summed E-state index contributed by atoms with van der Waals surface area (Å²) in [5.41, 5.74) is 2.08. The number of benzene rings is 1. The number of nitrogens with one attached hydrogen (secondary N) is 1. The van der Waals surface area contributed by atoms with E-state index in [1.54, 1.807) is 23.0 Å². The number of halogens is 2. The molecule has 19 heavy (non-hydrogen) atoms. The van der Waals surface area contributed by atoms with Crippen molar-refractivity contribution in [1.29, 1.82) is 0 Å². The average Bonchev–Trinajstić information content (AvgIpc) is 2.77. The van der Waals surface area contributed by atoms with Gasteiger partial charge in [-0.1, -0.05) is 12.1 Å². The van der Waals surface area contributed by atoms with Gasteiger partial charge in [0.15, 0.2) is 0 Å². The van der Waals surface area contributed by atoms with Crippen LogP contribution in [0, 0.1) is 0 Å². The van der Waals surface area contributed by atoms with Crippen molar-refractivity contribution < 1.29 is 13.5 Å². The lowest BCUT2D eigenvalue weighted by Gasteiger charge is -2.07. The van der Waals surface area contributed by atoms with Crippen LogP contribution in [0.2, 0.25) is 0 Å². The molecule has 0 fully saturated rings. The molecule has 0 aliphatic carbocycles. The smallest absolute Gasteiger partial charge is 0.387 e. The zero-order valence-corrected chi connectivity index (χ0v) is 10.5. The molecule has 6 heteroatoms. The highest BCUT2D eigenvalue weighted by Crippen LogP contribution is 2.14. The summed E-state index contributed by atoms with van der Waals surface area (Å²) >= 11 is 0. The van der Waals surface area contributed by atoms with Crippen LogP contribution < -0.4 is 10.1 Å². The molecule has 0 unspecified atom stereocenters. The van der Waals surface area contributed by atoms with Gasteiger partial charge in [-0.2, -0.15) is 13.9 Å². The van der Waals surface area contributed by atoms with Gasteiger partial charge in [0.05, 0.1) is 5.69 Å².